The van der Waals surface area contributed by atoms with Crippen LogP contribution in [0.3, 0.4) is 0 Å². The van der Waals surface area contributed by atoms with E-state index in [0.29, 0.717) is 51.7 Å². The van der Waals surface area contributed by atoms with E-state index in [-0.39, 0.29) is 28.9 Å². The molecule has 3 heterocycles. The van der Waals surface area contributed by atoms with E-state index in [1.165, 1.54) is 28.8 Å². The minimum absolute atomic E-state index is 0.113. The van der Waals surface area contributed by atoms with Crippen molar-refractivity contribution in [3.8, 4) is 17.2 Å². The normalized spacial score (nSPS) is 17.2. The van der Waals surface area contributed by atoms with E-state index < -0.39 is 17.7 Å². The molecule has 12 heteroatoms. The Hall–Kier alpha value is -4.68. The van der Waals surface area contributed by atoms with E-state index in [0.717, 1.165) is 16.9 Å². The standard InChI is InChI=1S/C31H24FN3O6S2/c1-2-12-39-22-5-3-4-19(15-22)26-25(27(36)20-8-11-23-24(16-20)41-14-13-40-23)28(37)29(38)35(26)30-33-34-31(43-30)42-17-18-6-9-21(32)10-7-18/h2-11,15-16,26,36H,1,12-14,17H2/b27-25+. The third-order valence-electron chi connectivity index (χ3n) is 6.68. The molecule has 1 aromatic heterocycles. The minimum Gasteiger partial charge on any atom is -0.507 e. The number of ether oxygens (including phenoxy) is 3. The first-order valence-electron chi connectivity index (χ1n) is 13.2. The smallest absolute Gasteiger partial charge is 0.301 e. The van der Waals surface area contributed by atoms with Crippen molar-refractivity contribution in [2.24, 2.45) is 0 Å². The third kappa shape index (κ3) is 5.84. The Bertz CT molecular complexity index is 1740. The van der Waals surface area contributed by atoms with Crippen LogP contribution in [-0.2, 0) is 15.3 Å². The fourth-order valence-electron chi connectivity index (χ4n) is 4.70. The number of nitrogens with zero attached hydrogens (tertiary/aromatic N) is 3. The lowest BCUT2D eigenvalue weighted by atomic mass is 9.95. The fourth-order valence-corrected chi connectivity index (χ4v) is 6.53. The number of aliphatic hydroxyl groups is 1. The van der Waals surface area contributed by atoms with Gasteiger partial charge in [-0.1, -0.05) is 60.0 Å². The molecular formula is C31H24FN3O6S2. The molecule has 1 N–H and O–H groups in total. The second-order valence-electron chi connectivity index (χ2n) is 9.47. The van der Waals surface area contributed by atoms with Crippen LogP contribution < -0.4 is 19.1 Å². The van der Waals surface area contributed by atoms with Crippen molar-refractivity contribution in [2.75, 3.05) is 24.7 Å². The zero-order valence-corrected chi connectivity index (χ0v) is 24.2. The molecule has 1 atom stereocenters. The monoisotopic (exact) mass is 617 g/mol. The van der Waals surface area contributed by atoms with Crippen LogP contribution in [0.4, 0.5) is 9.52 Å². The van der Waals surface area contributed by atoms with Gasteiger partial charge in [-0.2, -0.15) is 0 Å². The molecule has 9 nitrogen and oxygen atoms in total. The van der Waals surface area contributed by atoms with Gasteiger partial charge < -0.3 is 19.3 Å². The van der Waals surface area contributed by atoms with Crippen LogP contribution in [0, 0.1) is 5.82 Å². The molecule has 0 spiro atoms. The van der Waals surface area contributed by atoms with Crippen LogP contribution in [0.2, 0.25) is 0 Å². The van der Waals surface area contributed by atoms with Gasteiger partial charge in [-0.15, -0.1) is 10.2 Å². The van der Waals surface area contributed by atoms with Gasteiger partial charge in [-0.3, -0.25) is 14.5 Å². The van der Waals surface area contributed by atoms with Crippen LogP contribution in [0.1, 0.15) is 22.7 Å². The number of aromatic nitrogens is 2. The highest BCUT2D eigenvalue weighted by Gasteiger charge is 2.48. The molecule has 1 unspecified atom stereocenters. The molecule has 2 aliphatic heterocycles. The van der Waals surface area contributed by atoms with Gasteiger partial charge in [0.15, 0.2) is 15.8 Å². The summed E-state index contributed by atoms with van der Waals surface area (Å²) in [6.45, 7) is 4.68. The number of anilines is 1. The molecular weight excluding hydrogens is 593 g/mol. The molecule has 6 rings (SSSR count). The molecule has 1 amide bonds. The van der Waals surface area contributed by atoms with Crippen molar-refractivity contribution in [1.29, 1.82) is 0 Å². The second-order valence-corrected chi connectivity index (χ2v) is 11.6. The first kappa shape index (κ1) is 28.4. The number of carbonyl (C=O) groups excluding carboxylic acids is 2. The summed E-state index contributed by atoms with van der Waals surface area (Å²) in [5.74, 6) is -0.468. The molecule has 0 saturated carbocycles. The molecule has 0 radical (unpaired) electrons. The van der Waals surface area contributed by atoms with Crippen molar-refractivity contribution >= 4 is 45.7 Å². The van der Waals surface area contributed by atoms with E-state index in [2.05, 4.69) is 16.8 Å². The summed E-state index contributed by atoms with van der Waals surface area (Å²) in [6, 6.07) is 16.9. The van der Waals surface area contributed by atoms with Crippen LogP contribution in [-0.4, -0.2) is 46.8 Å². The summed E-state index contributed by atoms with van der Waals surface area (Å²) in [6.07, 6.45) is 1.60. The number of benzene rings is 3. The number of thioether (sulfide) groups is 1. The highest BCUT2D eigenvalue weighted by atomic mass is 32.2. The highest BCUT2D eigenvalue weighted by molar-refractivity contribution is 8.00. The molecule has 2 aliphatic rings. The van der Waals surface area contributed by atoms with Gasteiger partial charge in [0.25, 0.3) is 5.78 Å². The quantitative estimate of drug-likeness (QED) is 0.0610. The van der Waals surface area contributed by atoms with Crippen molar-refractivity contribution < 1.29 is 33.3 Å². The zero-order valence-electron chi connectivity index (χ0n) is 22.6. The molecule has 43 heavy (non-hydrogen) atoms. The maximum absolute atomic E-state index is 13.6. The molecule has 4 aromatic rings. The first-order chi connectivity index (χ1) is 20.9. The SMILES string of the molecule is C=CCOc1cccc(C2/C(=C(\O)c3ccc4c(c3)OCCO4)C(=O)C(=O)N2c2nnc(SCc3ccc(F)cc3)s2)c1. The van der Waals surface area contributed by atoms with E-state index in [1.54, 1.807) is 60.7 Å². The van der Waals surface area contributed by atoms with Crippen LogP contribution >= 0.6 is 23.1 Å². The Morgan fingerprint density at radius 1 is 1.09 bits per heavy atom. The predicted octanol–water partition coefficient (Wildman–Crippen LogP) is 5.93. The average Bonchev–Trinajstić information content (AvgIpc) is 3.61. The first-order valence-corrected chi connectivity index (χ1v) is 15.0. The van der Waals surface area contributed by atoms with Gasteiger partial charge in [-0.25, -0.2) is 4.39 Å². The maximum Gasteiger partial charge on any atom is 0.301 e. The second kappa shape index (κ2) is 12.3. The Labute approximate surface area is 254 Å². The van der Waals surface area contributed by atoms with E-state index in [4.69, 9.17) is 14.2 Å². The minimum atomic E-state index is -1.02. The number of amides is 1. The number of hydrogen-bond donors (Lipinski definition) is 1. The summed E-state index contributed by atoms with van der Waals surface area (Å²) in [5, 5.41) is 20.2. The average molecular weight is 618 g/mol. The zero-order chi connectivity index (χ0) is 29.9. The summed E-state index contributed by atoms with van der Waals surface area (Å²) < 4.78 is 30.8. The van der Waals surface area contributed by atoms with Crippen LogP contribution in [0.5, 0.6) is 17.2 Å². The number of carbonyl (C=O) groups is 2. The van der Waals surface area contributed by atoms with Gasteiger partial charge in [-0.05, 0) is 53.6 Å². The number of hydrogen-bond acceptors (Lipinski definition) is 10. The van der Waals surface area contributed by atoms with Crippen molar-refractivity contribution in [1.82, 2.24) is 10.2 Å². The number of fused-ring (bicyclic) bond motifs is 1. The maximum atomic E-state index is 13.6. The highest BCUT2D eigenvalue weighted by Crippen LogP contribution is 2.45. The summed E-state index contributed by atoms with van der Waals surface area (Å²) >= 11 is 2.51. The molecule has 0 aliphatic carbocycles. The Morgan fingerprint density at radius 3 is 2.67 bits per heavy atom. The molecule has 0 bridgehead atoms. The van der Waals surface area contributed by atoms with Gasteiger partial charge >= 0.3 is 5.91 Å². The lowest BCUT2D eigenvalue weighted by Crippen LogP contribution is -2.29. The molecule has 218 valence electrons. The van der Waals surface area contributed by atoms with Gasteiger partial charge in [0.05, 0.1) is 11.6 Å². The molecule has 1 saturated heterocycles. The fraction of sp³-hybridized carbons (Fsp3) is 0.161. The third-order valence-corrected chi connectivity index (χ3v) is 8.81. The number of ketones is 1. The van der Waals surface area contributed by atoms with E-state index in [1.807, 2.05) is 0 Å². The lowest BCUT2D eigenvalue weighted by molar-refractivity contribution is -0.132. The van der Waals surface area contributed by atoms with E-state index in [9.17, 15) is 19.1 Å². The lowest BCUT2D eigenvalue weighted by Gasteiger charge is -2.23. The number of halogens is 1. The van der Waals surface area contributed by atoms with E-state index >= 15 is 0 Å². The Balaban J connectivity index is 1.39. The number of Topliss-reactive ketones (excluding diaryl/α,β-unsaturated/α-hetero) is 1. The Morgan fingerprint density at radius 2 is 1.88 bits per heavy atom. The summed E-state index contributed by atoms with van der Waals surface area (Å²) in [5.41, 5.74) is 1.59. The van der Waals surface area contributed by atoms with Crippen molar-refractivity contribution in [3.05, 3.63) is 107 Å². The molecule has 1 fully saturated rings. The summed E-state index contributed by atoms with van der Waals surface area (Å²) in [4.78, 5) is 28.4. The Kier molecular flexibility index (Phi) is 8.12. The van der Waals surface area contributed by atoms with Gasteiger partial charge in [0.2, 0.25) is 5.13 Å². The topological polar surface area (TPSA) is 111 Å². The number of aliphatic hydroxyl groups excluding tert-OH is 1. The summed E-state index contributed by atoms with van der Waals surface area (Å²) in [7, 11) is 0. The largest absolute Gasteiger partial charge is 0.507 e. The van der Waals surface area contributed by atoms with Gasteiger partial charge in [0, 0.05) is 11.3 Å². The predicted molar refractivity (Wildman–Crippen MR) is 160 cm³/mol. The van der Waals surface area contributed by atoms with Crippen LogP contribution in [0.15, 0.2) is 89.3 Å². The molecule has 3 aromatic carbocycles. The van der Waals surface area contributed by atoms with Gasteiger partial charge in [0.1, 0.15) is 37.1 Å². The van der Waals surface area contributed by atoms with Crippen molar-refractivity contribution in [2.45, 2.75) is 16.1 Å². The number of rotatable bonds is 9. The van der Waals surface area contributed by atoms with Crippen molar-refractivity contribution in [3.63, 3.8) is 0 Å². The van der Waals surface area contributed by atoms with Crippen LogP contribution in [0.25, 0.3) is 5.76 Å².